The normalized spacial score (nSPS) is 16.4. The van der Waals surface area contributed by atoms with Gasteiger partial charge in [-0.25, -0.2) is 0 Å². The lowest BCUT2D eigenvalue weighted by atomic mass is 9.85. The quantitative estimate of drug-likeness (QED) is 0.523. The van der Waals surface area contributed by atoms with E-state index in [1.807, 2.05) is 0 Å². The summed E-state index contributed by atoms with van der Waals surface area (Å²) in [5, 5.41) is 0. The Morgan fingerprint density at radius 2 is 1.80 bits per heavy atom. The zero-order valence-electron chi connectivity index (χ0n) is 7.78. The molecule has 0 aliphatic heterocycles. The molecule has 2 atom stereocenters. The minimum absolute atomic E-state index is 0.741. The molecule has 0 saturated heterocycles. The third-order valence-corrected chi connectivity index (χ3v) is 2.40. The first kappa shape index (κ1) is 9.74. The van der Waals surface area contributed by atoms with Gasteiger partial charge in [-0.05, 0) is 25.2 Å². The summed E-state index contributed by atoms with van der Waals surface area (Å²) in [7, 11) is 0. The highest BCUT2D eigenvalue weighted by Gasteiger charge is 2.13. The van der Waals surface area contributed by atoms with Crippen LogP contribution in [0.1, 0.15) is 40.5 Å². The summed E-state index contributed by atoms with van der Waals surface area (Å²) < 4.78 is 0. The Bertz CT molecular complexity index is 103. The van der Waals surface area contributed by atoms with E-state index in [0.29, 0.717) is 0 Å². The summed E-state index contributed by atoms with van der Waals surface area (Å²) in [5.41, 5.74) is 1.34. The minimum Gasteiger partial charge on any atom is -0.0999 e. The Hall–Kier alpha value is -0.260. The van der Waals surface area contributed by atoms with Gasteiger partial charge < -0.3 is 0 Å². The van der Waals surface area contributed by atoms with Crippen molar-refractivity contribution in [2.75, 3.05) is 0 Å². The maximum Gasteiger partial charge on any atom is -0.0186 e. The fourth-order valence-corrected chi connectivity index (χ4v) is 1.52. The maximum absolute atomic E-state index is 4.00. The SMILES string of the molecule is C=C(C)C(CC)C(C)CC. The molecule has 0 aliphatic rings. The first-order valence-electron chi connectivity index (χ1n) is 4.28. The van der Waals surface area contributed by atoms with Crippen LogP contribution in [-0.4, -0.2) is 0 Å². The Morgan fingerprint density at radius 1 is 1.30 bits per heavy atom. The molecule has 0 amide bonds. The van der Waals surface area contributed by atoms with Crippen LogP contribution in [0.4, 0.5) is 0 Å². The van der Waals surface area contributed by atoms with Crippen LogP contribution in [0, 0.1) is 11.8 Å². The predicted octanol–water partition coefficient (Wildman–Crippen LogP) is 3.63. The molecule has 0 nitrogen and oxygen atoms in total. The second kappa shape index (κ2) is 4.54. The molecule has 0 aromatic heterocycles. The molecule has 2 unspecified atom stereocenters. The Labute approximate surface area is 65.3 Å². The van der Waals surface area contributed by atoms with Crippen molar-refractivity contribution in [3.63, 3.8) is 0 Å². The first-order chi connectivity index (χ1) is 4.63. The Kier molecular flexibility index (Phi) is 4.42. The van der Waals surface area contributed by atoms with Gasteiger partial charge in [0.05, 0.1) is 0 Å². The van der Waals surface area contributed by atoms with Gasteiger partial charge in [0.15, 0.2) is 0 Å². The van der Waals surface area contributed by atoms with Crippen molar-refractivity contribution in [2.45, 2.75) is 40.5 Å². The minimum atomic E-state index is 0.741. The molecule has 0 heterocycles. The van der Waals surface area contributed by atoms with Gasteiger partial charge in [0.25, 0.3) is 0 Å². The molecule has 0 N–H and O–H groups in total. The second-order valence-corrected chi connectivity index (χ2v) is 3.25. The van der Waals surface area contributed by atoms with E-state index in [9.17, 15) is 0 Å². The van der Waals surface area contributed by atoms with E-state index < -0.39 is 0 Å². The van der Waals surface area contributed by atoms with Gasteiger partial charge in [-0.2, -0.15) is 0 Å². The molecule has 10 heavy (non-hydrogen) atoms. The Balaban J connectivity index is 3.92. The van der Waals surface area contributed by atoms with Gasteiger partial charge >= 0.3 is 0 Å². The van der Waals surface area contributed by atoms with Crippen molar-refractivity contribution in [1.82, 2.24) is 0 Å². The van der Waals surface area contributed by atoms with Crippen molar-refractivity contribution >= 4 is 0 Å². The van der Waals surface area contributed by atoms with Crippen LogP contribution in [0.15, 0.2) is 12.2 Å². The van der Waals surface area contributed by atoms with Crippen LogP contribution in [0.2, 0.25) is 0 Å². The van der Waals surface area contributed by atoms with E-state index in [-0.39, 0.29) is 0 Å². The van der Waals surface area contributed by atoms with Crippen molar-refractivity contribution in [3.8, 4) is 0 Å². The lowest BCUT2D eigenvalue weighted by Gasteiger charge is -2.21. The fourth-order valence-electron chi connectivity index (χ4n) is 1.52. The van der Waals surface area contributed by atoms with Gasteiger partial charge in [0.2, 0.25) is 0 Å². The summed E-state index contributed by atoms with van der Waals surface area (Å²) in [6.45, 7) is 12.9. The summed E-state index contributed by atoms with van der Waals surface area (Å²) in [4.78, 5) is 0. The fraction of sp³-hybridized carbons (Fsp3) is 0.800. The molecule has 0 rings (SSSR count). The summed E-state index contributed by atoms with van der Waals surface area (Å²) in [6.07, 6.45) is 2.51. The average molecular weight is 140 g/mol. The number of hydrogen-bond acceptors (Lipinski definition) is 0. The van der Waals surface area contributed by atoms with E-state index in [4.69, 9.17) is 0 Å². The van der Waals surface area contributed by atoms with E-state index >= 15 is 0 Å². The van der Waals surface area contributed by atoms with Crippen molar-refractivity contribution in [2.24, 2.45) is 11.8 Å². The predicted molar refractivity (Wildman–Crippen MR) is 48.1 cm³/mol. The molecule has 0 aromatic carbocycles. The molecule has 0 aliphatic carbocycles. The number of hydrogen-bond donors (Lipinski definition) is 0. The maximum atomic E-state index is 4.00. The molecule has 0 saturated carbocycles. The van der Waals surface area contributed by atoms with Gasteiger partial charge in [-0.1, -0.05) is 39.3 Å². The monoisotopic (exact) mass is 140 g/mol. The van der Waals surface area contributed by atoms with Crippen LogP contribution in [0.5, 0.6) is 0 Å². The van der Waals surface area contributed by atoms with E-state index in [0.717, 1.165) is 11.8 Å². The molecule has 0 spiro atoms. The van der Waals surface area contributed by atoms with Crippen molar-refractivity contribution in [1.29, 1.82) is 0 Å². The smallest absolute Gasteiger partial charge is 0.0186 e. The number of rotatable bonds is 4. The molecule has 0 heteroatoms. The third kappa shape index (κ3) is 2.55. The Morgan fingerprint density at radius 3 is 1.90 bits per heavy atom. The van der Waals surface area contributed by atoms with Crippen molar-refractivity contribution in [3.05, 3.63) is 12.2 Å². The molecular weight excluding hydrogens is 120 g/mol. The highest BCUT2D eigenvalue weighted by Crippen LogP contribution is 2.24. The highest BCUT2D eigenvalue weighted by molar-refractivity contribution is 4.97. The second-order valence-electron chi connectivity index (χ2n) is 3.25. The molecule has 0 fully saturated rings. The molecule has 60 valence electrons. The van der Waals surface area contributed by atoms with Crippen LogP contribution >= 0.6 is 0 Å². The van der Waals surface area contributed by atoms with Crippen LogP contribution in [-0.2, 0) is 0 Å². The van der Waals surface area contributed by atoms with E-state index in [2.05, 4.69) is 34.3 Å². The lowest BCUT2D eigenvalue weighted by Crippen LogP contribution is -2.10. The van der Waals surface area contributed by atoms with Crippen LogP contribution in [0.3, 0.4) is 0 Å². The van der Waals surface area contributed by atoms with Gasteiger partial charge in [-0.3, -0.25) is 0 Å². The zero-order valence-corrected chi connectivity index (χ0v) is 7.78. The standard InChI is InChI=1S/C10H20/c1-6-9(5)10(7-2)8(3)4/h9-10H,3,6-7H2,1-2,4-5H3. The number of allylic oxidation sites excluding steroid dienone is 1. The zero-order chi connectivity index (χ0) is 8.15. The summed E-state index contributed by atoms with van der Waals surface area (Å²) in [6, 6.07) is 0. The highest BCUT2D eigenvalue weighted by atomic mass is 14.2. The molecule has 0 aromatic rings. The first-order valence-corrected chi connectivity index (χ1v) is 4.28. The molecule has 0 bridgehead atoms. The third-order valence-electron chi connectivity index (χ3n) is 2.40. The summed E-state index contributed by atoms with van der Waals surface area (Å²) >= 11 is 0. The largest absolute Gasteiger partial charge is 0.0999 e. The van der Waals surface area contributed by atoms with Gasteiger partial charge in [-0.15, -0.1) is 0 Å². The molecule has 0 radical (unpaired) electrons. The topological polar surface area (TPSA) is 0 Å². The van der Waals surface area contributed by atoms with Crippen molar-refractivity contribution < 1.29 is 0 Å². The average Bonchev–Trinajstić information content (AvgIpc) is 1.88. The van der Waals surface area contributed by atoms with Crippen LogP contribution < -0.4 is 0 Å². The van der Waals surface area contributed by atoms with Crippen LogP contribution in [0.25, 0.3) is 0 Å². The summed E-state index contributed by atoms with van der Waals surface area (Å²) in [5.74, 6) is 1.55. The van der Waals surface area contributed by atoms with E-state index in [1.54, 1.807) is 0 Å². The van der Waals surface area contributed by atoms with Gasteiger partial charge in [0, 0.05) is 0 Å². The lowest BCUT2D eigenvalue weighted by molar-refractivity contribution is 0.388. The molecular formula is C10H20. The van der Waals surface area contributed by atoms with E-state index in [1.165, 1.54) is 18.4 Å². The van der Waals surface area contributed by atoms with Gasteiger partial charge in [0.1, 0.15) is 0 Å².